The van der Waals surface area contributed by atoms with Crippen LogP contribution in [0.1, 0.15) is 36.8 Å². The molecule has 0 atom stereocenters. The van der Waals surface area contributed by atoms with Gasteiger partial charge in [0, 0.05) is 12.8 Å². The highest BCUT2D eigenvalue weighted by Crippen LogP contribution is 2.36. The predicted octanol–water partition coefficient (Wildman–Crippen LogP) is 2.07. The van der Waals surface area contributed by atoms with Gasteiger partial charge in [-0.15, -0.1) is 0 Å². The lowest BCUT2D eigenvalue weighted by molar-refractivity contribution is 0.229. The van der Waals surface area contributed by atoms with E-state index in [1.54, 1.807) is 0 Å². The fourth-order valence-electron chi connectivity index (χ4n) is 2.69. The normalized spacial score (nSPS) is 17.0. The van der Waals surface area contributed by atoms with Crippen molar-refractivity contribution in [3.05, 3.63) is 41.8 Å². The highest BCUT2D eigenvalue weighted by molar-refractivity contribution is 5.74. The largest absolute Gasteiger partial charge is 0.342 e. The fraction of sp³-hybridized carbons (Fsp3) is 0.400. The van der Waals surface area contributed by atoms with Crippen LogP contribution in [0.5, 0.6) is 0 Å². The minimum Gasteiger partial charge on any atom is -0.342 e. The number of fused-ring (bicyclic) bond motifs is 1. The molecule has 1 aromatic carbocycles. The van der Waals surface area contributed by atoms with E-state index in [9.17, 15) is 0 Å². The van der Waals surface area contributed by atoms with E-state index in [0.29, 0.717) is 18.1 Å². The Morgan fingerprint density at radius 1 is 1.19 bits per heavy atom. The summed E-state index contributed by atoms with van der Waals surface area (Å²) in [5.74, 6) is 2.21. The second-order valence-electron chi connectivity index (χ2n) is 5.72. The molecule has 1 aliphatic rings. The second-order valence-corrected chi connectivity index (χ2v) is 5.72. The summed E-state index contributed by atoms with van der Waals surface area (Å²) >= 11 is 0. The summed E-state index contributed by atoms with van der Waals surface area (Å²) in [5.41, 5.74) is 7.86. The SMILES string of the molecule is NC1(c2noc(CCc3nc4ccccc4[nH]3)n2)CCC1. The Kier molecular flexibility index (Phi) is 2.78. The zero-order chi connectivity index (χ0) is 14.3. The van der Waals surface area contributed by atoms with Gasteiger partial charge in [0.25, 0.3) is 0 Å². The van der Waals surface area contributed by atoms with E-state index in [1.165, 1.54) is 0 Å². The number of aromatic amines is 1. The van der Waals surface area contributed by atoms with Gasteiger partial charge in [-0.2, -0.15) is 4.98 Å². The first-order valence-corrected chi connectivity index (χ1v) is 7.28. The first-order valence-electron chi connectivity index (χ1n) is 7.28. The fourth-order valence-corrected chi connectivity index (χ4v) is 2.69. The van der Waals surface area contributed by atoms with Crippen molar-refractivity contribution in [3.63, 3.8) is 0 Å². The molecule has 0 radical (unpaired) electrons. The Hall–Kier alpha value is -2.21. The van der Waals surface area contributed by atoms with Crippen LogP contribution >= 0.6 is 0 Å². The molecule has 108 valence electrons. The lowest BCUT2D eigenvalue weighted by atomic mass is 9.77. The number of benzene rings is 1. The minimum absolute atomic E-state index is 0.360. The van der Waals surface area contributed by atoms with E-state index in [2.05, 4.69) is 20.1 Å². The summed E-state index contributed by atoms with van der Waals surface area (Å²) in [6.07, 6.45) is 4.43. The third kappa shape index (κ3) is 2.21. The van der Waals surface area contributed by atoms with Gasteiger partial charge in [0.2, 0.25) is 5.89 Å². The molecule has 1 fully saturated rings. The van der Waals surface area contributed by atoms with Crippen LogP contribution in [0.25, 0.3) is 11.0 Å². The number of para-hydroxylation sites is 2. The molecule has 6 heteroatoms. The van der Waals surface area contributed by atoms with Crippen LogP contribution in [0.4, 0.5) is 0 Å². The molecule has 4 rings (SSSR count). The summed E-state index contributed by atoms with van der Waals surface area (Å²) in [6, 6.07) is 7.99. The Morgan fingerprint density at radius 2 is 2.05 bits per heavy atom. The Morgan fingerprint density at radius 3 is 2.81 bits per heavy atom. The Bertz CT molecular complexity index is 738. The highest BCUT2D eigenvalue weighted by Gasteiger charge is 2.38. The van der Waals surface area contributed by atoms with Crippen molar-refractivity contribution in [1.82, 2.24) is 20.1 Å². The van der Waals surface area contributed by atoms with Gasteiger partial charge in [-0.1, -0.05) is 17.3 Å². The number of nitrogens with two attached hydrogens (primary N) is 1. The number of hydrogen-bond donors (Lipinski definition) is 2. The summed E-state index contributed by atoms with van der Waals surface area (Å²) in [5, 5.41) is 4.02. The number of nitrogens with one attached hydrogen (secondary N) is 1. The highest BCUT2D eigenvalue weighted by atomic mass is 16.5. The zero-order valence-electron chi connectivity index (χ0n) is 11.7. The molecule has 3 N–H and O–H groups in total. The average Bonchev–Trinajstić information content (AvgIpc) is 3.09. The minimum atomic E-state index is -0.360. The molecule has 1 saturated carbocycles. The van der Waals surface area contributed by atoms with Crippen LogP contribution in [0, 0.1) is 0 Å². The molecule has 3 aromatic rings. The number of hydrogen-bond acceptors (Lipinski definition) is 5. The van der Waals surface area contributed by atoms with E-state index in [0.717, 1.165) is 42.5 Å². The summed E-state index contributed by atoms with van der Waals surface area (Å²) in [4.78, 5) is 12.3. The van der Waals surface area contributed by atoms with Crippen LogP contribution in [0.15, 0.2) is 28.8 Å². The van der Waals surface area contributed by atoms with Crippen molar-refractivity contribution in [1.29, 1.82) is 0 Å². The molecular weight excluding hydrogens is 266 g/mol. The number of rotatable bonds is 4. The first-order chi connectivity index (χ1) is 10.2. The van der Waals surface area contributed by atoms with Gasteiger partial charge in [0.1, 0.15) is 5.82 Å². The number of imidazole rings is 1. The predicted molar refractivity (Wildman–Crippen MR) is 77.5 cm³/mol. The molecule has 0 amide bonds. The topological polar surface area (TPSA) is 93.6 Å². The molecule has 0 spiro atoms. The Balaban J connectivity index is 1.46. The third-order valence-electron chi connectivity index (χ3n) is 4.17. The monoisotopic (exact) mass is 283 g/mol. The molecule has 6 nitrogen and oxygen atoms in total. The maximum absolute atomic E-state index is 6.19. The van der Waals surface area contributed by atoms with Crippen LogP contribution in [0.2, 0.25) is 0 Å². The van der Waals surface area contributed by atoms with Gasteiger partial charge in [-0.3, -0.25) is 0 Å². The van der Waals surface area contributed by atoms with Gasteiger partial charge >= 0.3 is 0 Å². The van der Waals surface area contributed by atoms with Crippen LogP contribution in [0.3, 0.4) is 0 Å². The summed E-state index contributed by atoms with van der Waals surface area (Å²) in [7, 11) is 0. The average molecular weight is 283 g/mol. The van der Waals surface area contributed by atoms with E-state index in [1.807, 2.05) is 24.3 Å². The Labute approximate surface area is 121 Å². The number of H-pyrrole nitrogens is 1. The van der Waals surface area contributed by atoms with Crippen molar-refractivity contribution >= 4 is 11.0 Å². The van der Waals surface area contributed by atoms with E-state index in [-0.39, 0.29) is 5.54 Å². The number of aromatic nitrogens is 4. The van der Waals surface area contributed by atoms with Crippen molar-refractivity contribution in [2.24, 2.45) is 5.73 Å². The first kappa shape index (κ1) is 12.5. The van der Waals surface area contributed by atoms with Crippen molar-refractivity contribution in [2.75, 3.05) is 0 Å². The maximum Gasteiger partial charge on any atom is 0.227 e. The number of nitrogens with zero attached hydrogens (tertiary/aromatic N) is 3. The van der Waals surface area contributed by atoms with Crippen LogP contribution in [-0.2, 0) is 18.4 Å². The van der Waals surface area contributed by atoms with Crippen molar-refractivity contribution in [2.45, 2.75) is 37.6 Å². The second kappa shape index (κ2) is 4.66. The van der Waals surface area contributed by atoms with Crippen molar-refractivity contribution in [3.8, 4) is 0 Å². The smallest absolute Gasteiger partial charge is 0.227 e. The number of aryl methyl sites for hydroxylation is 2. The molecule has 0 aliphatic heterocycles. The maximum atomic E-state index is 6.19. The third-order valence-corrected chi connectivity index (χ3v) is 4.17. The van der Waals surface area contributed by atoms with Gasteiger partial charge in [-0.05, 0) is 31.4 Å². The molecular formula is C15H17N5O. The van der Waals surface area contributed by atoms with Gasteiger partial charge in [0.05, 0.1) is 16.6 Å². The lowest BCUT2D eigenvalue weighted by Gasteiger charge is -2.34. The van der Waals surface area contributed by atoms with Crippen LogP contribution in [-0.4, -0.2) is 20.1 Å². The van der Waals surface area contributed by atoms with Crippen molar-refractivity contribution < 1.29 is 4.52 Å². The molecule has 21 heavy (non-hydrogen) atoms. The van der Waals surface area contributed by atoms with E-state index >= 15 is 0 Å². The molecule has 2 heterocycles. The molecule has 0 bridgehead atoms. The zero-order valence-corrected chi connectivity index (χ0v) is 11.7. The van der Waals surface area contributed by atoms with E-state index in [4.69, 9.17) is 10.3 Å². The van der Waals surface area contributed by atoms with Crippen LogP contribution < -0.4 is 5.73 Å². The summed E-state index contributed by atoms with van der Waals surface area (Å²) < 4.78 is 5.30. The molecule has 0 unspecified atom stereocenters. The molecule has 1 aliphatic carbocycles. The van der Waals surface area contributed by atoms with Gasteiger partial charge < -0.3 is 15.2 Å². The van der Waals surface area contributed by atoms with E-state index < -0.39 is 0 Å². The molecule has 0 saturated heterocycles. The quantitative estimate of drug-likeness (QED) is 0.764. The van der Waals surface area contributed by atoms with Gasteiger partial charge in [-0.25, -0.2) is 4.98 Å². The van der Waals surface area contributed by atoms with Gasteiger partial charge in [0.15, 0.2) is 5.82 Å². The lowest BCUT2D eigenvalue weighted by Crippen LogP contribution is -2.44. The standard InChI is InChI=1S/C15H17N5O/c16-15(8-3-9-15)14-19-13(21-20-14)7-6-12-17-10-4-1-2-5-11(10)18-12/h1-2,4-5H,3,6-9,16H2,(H,17,18). The summed E-state index contributed by atoms with van der Waals surface area (Å²) in [6.45, 7) is 0. The molecule has 2 aromatic heterocycles.